The SMILES string of the molecule is Fc1cc(F)c(Oc2c(F)cc(F)cc2Br)c(Br)c1. The van der Waals surface area contributed by atoms with Gasteiger partial charge in [0.15, 0.2) is 23.1 Å². The molecule has 19 heavy (non-hydrogen) atoms. The molecule has 0 fully saturated rings. The Morgan fingerprint density at radius 3 is 1.37 bits per heavy atom. The van der Waals surface area contributed by atoms with Crippen molar-refractivity contribution in [2.45, 2.75) is 0 Å². The maximum atomic E-state index is 13.5. The fourth-order valence-electron chi connectivity index (χ4n) is 1.35. The summed E-state index contributed by atoms with van der Waals surface area (Å²) in [5.74, 6) is -4.43. The van der Waals surface area contributed by atoms with Crippen LogP contribution in [-0.2, 0) is 0 Å². The molecule has 2 rings (SSSR count). The van der Waals surface area contributed by atoms with Gasteiger partial charge in [-0.2, -0.15) is 0 Å². The number of ether oxygens (including phenoxy) is 1. The summed E-state index contributed by atoms with van der Waals surface area (Å²) in [6.07, 6.45) is 0. The lowest BCUT2D eigenvalue weighted by molar-refractivity contribution is 0.404. The largest absolute Gasteiger partial charge is 0.449 e. The summed E-state index contributed by atoms with van der Waals surface area (Å²) in [7, 11) is 0. The van der Waals surface area contributed by atoms with E-state index in [1.807, 2.05) is 0 Å². The molecule has 0 aromatic heterocycles. The predicted molar refractivity (Wildman–Crippen MR) is 68.2 cm³/mol. The first kappa shape index (κ1) is 14.3. The monoisotopic (exact) mass is 398 g/mol. The zero-order chi connectivity index (χ0) is 14.2. The molecule has 2 aromatic carbocycles. The van der Waals surface area contributed by atoms with Gasteiger partial charge < -0.3 is 4.74 Å². The van der Waals surface area contributed by atoms with Crippen LogP contribution in [0.5, 0.6) is 11.5 Å². The van der Waals surface area contributed by atoms with Crippen LogP contribution < -0.4 is 4.74 Å². The third-order valence-electron chi connectivity index (χ3n) is 2.13. The summed E-state index contributed by atoms with van der Waals surface area (Å²) in [6.45, 7) is 0. The van der Waals surface area contributed by atoms with Crippen LogP contribution in [0.15, 0.2) is 33.2 Å². The maximum absolute atomic E-state index is 13.5. The Morgan fingerprint density at radius 2 is 1.05 bits per heavy atom. The second-order valence-electron chi connectivity index (χ2n) is 3.50. The molecule has 0 bridgehead atoms. The molecule has 0 aliphatic carbocycles. The molecule has 0 saturated heterocycles. The van der Waals surface area contributed by atoms with E-state index in [0.29, 0.717) is 12.1 Å². The summed E-state index contributed by atoms with van der Waals surface area (Å²) in [4.78, 5) is 0. The smallest absolute Gasteiger partial charge is 0.177 e. The first-order chi connectivity index (χ1) is 8.88. The number of rotatable bonds is 2. The molecule has 0 heterocycles. The van der Waals surface area contributed by atoms with Gasteiger partial charge in [0.05, 0.1) is 8.95 Å². The van der Waals surface area contributed by atoms with Gasteiger partial charge in [-0.25, -0.2) is 17.6 Å². The quantitative estimate of drug-likeness (QED) is 0.600. The Hall–Kier alpha value is -1.08. The van der Waals surface area contributed by atoms with Crippen LogP contribution in [0, 0.1) is 23.3 Å². The van der Waals surface area contributed by atoms with Crippen LogP contribution in [0.1, 0.15) is 0 Å². The standard InChI is InChI=1S/C12H4Br2F4O/c13-7-1-5(15)3-9(17)11(7)19-12-8(14)2-6(16)4-10(12)18/h1-4H. The Kier molecular flexibility index (Phi) is 4.15. The Morgan fingerprint density at radius 1 is 0.684 bits per heavy atom. The van der Waals surface area contributed by atoms with E-state index >= 15 is 0 Å². The fourth-order valence-corrected chi connectivity index (χ4v) is 2.33. The molecular weight excluding hydrogens is 396 g/mol. The average Bonchev–Trinajstić information content (AvgIpc) is 2.25. The second-order valence-corrected chi connectivity index (χ2v) is 5.21. The Balaban J connectivity index is 2.48. The average molecular weight is 400 g/mol. The molecule has 0 unspecified atom stereocenters. The minimum absolute atomic E-state index is 0.0272. The third kappa shape index (κ3) is 3.09. The normalized spacial score (nSPS) is 10.6. The zero-order valence-electron chi connectivity index (χ0n) is 8.99. The van der Waals surface area contributed by atoms with E-state index in [-0.39, 0.29) is 8.95 Å². The van der Waals surface area contributed by atoms with Crippen LogP contribution in [-0.4, -0.2) is 0 Å². The van der Waals surface area contributed by atoms with Crippen molar-refractivity contribution in [3.63, 3.8) is 0 Å². The minimum Gasteiger partial charge on any atom is -0.449 e. The van der Waals surface area contributed by atoms with Gasteiger partial charge in [-0.05, 0) is 44.0 Å². The molecule has 100 valence electrons. The van der Waals surface area contributed by atoms with Crippen molar-refractivity contribution in [3.8, 4) is 11.5 Å². The van der Waals surface area contributed by atoms with Crippen molar-refractivity contribution in [1.29, 1.82) is 0 Å². The molecule has 0 atom stereocenters. The van der Waals surface area contributed by atoms with E-state index in [1.165, 1.54) is 0 Å². The van der Waals surface area contributed by atoms with Crippen LogP contribution in [0.4, 0.5) is 17.6 Å². The second kappa shape index (κ2) is 5.50. The van der Waals surface area contributed by atoms with Gasteiger partial charge in [0.1, 0.15) is 11.6 Å². The summed E-state index contributed by atoms with van der Waals surface area (Å²) in [6, 6.07) is 3.12. The fraction of sp³-hybridized carbons (Fsp3) is 0. The Labute approximate surface area is 122 Å². The van der Waals surface area contributed by atoms with Gasteiger partial charge in [0.2, 0.25) is 0 Å². The lowest BCUT2D eigenvalue weighted by Gasteiger charge is -2.11. The van der Waals surface area contributed by atoms with Gasteiger partial charge in [-0.3, -0.25) is 0 Å². The lowest BCUT2D eigenvalue weighted by Crippen LogP contribution is -1.95. The summed E-state index contributed by atoms with van der Waals surface area (Å²) < 4.78 is 57.8. The molecule has 1 nitrogen and oxygen atoms in total. The number of hydrogen-bond donors (Lipinski definition) is 0. The molecule has 0 aliphatic rings. The van der Waals surface area contributed by atoms with Crippen LogP contribution in [0.25, 0.3) is 0 Å². The van der Waals surface area contributed by atoms with Crippen LogP contribution >= 0.6 is 31.9 Å². The summed E-state index contributed by atoms with van der Waals surface area (Å²) in [5, 5.41) is 0. The first-order valence-electron chi connectivity index (χ1n) is 4.85. The molecule has 0 spiro atoms. The van der Waals surface area contributed by atoms with Crippen molar-refractivity contribution in [2.24, 2.45) is 0 Å². The summed E-state index contributed by atoms with van der Waals surface area (Å²) >= 11 is 5.80. The summed E-state index contributed by atoms with van der Waals surface area (Å²) in [5.41, 5.74) is 0. The van der Waals surface area contributed by atoms with Crippen molar-refractivity contribution >= 4 is 31.9 Å². The molecule has 2 aromatic rings. The van der Waals surface area contributed by atoms with Crippen molar-refractivity contribution in [2.75, 3.05) is 0 Å². The van der Waals surface area contributed by atoms with E-state index in [4.69, 9.17) is 4.74 Å². The van der Waals surface area contributed by atoms with Crippen molar-refractivity contribution < 1.29 is 22.3 Å². The number of hydrogen-bond acceptors (Lipinski definition) is 1. The molecule has 7 heteroatoms. The zero-order valence-corrected chi connectivity index (χ0v) is 12.2. The van der Waals surface area contributed by atoms with Gasteiger partial charge in [0, 0.05) is 12.1 Å². The third-order valence-corrected chi connectivity index (χ3v) is 3.31. The molecule has 0 amide bonds. The number of halogens is 6. The highest BCUT2D eigenvalue weighted by Crippen LogP contribution is 2.38. The molecule has 0 saturated carbocycles. The van der Waals surface area contributed by atoms with Gasteiger partial charge in [0.25, 0.3) is 0 Å². The van der Waals surface area contributed by atoms with Gasteiger partial charge in [-0.15, -0.1) is 0 Å². The lowest BCUT2D eigenvalue weighted by atomic mass is 10.3. The van der Waals surface area contributed by atoms with E-state index in [0.717, 1.165) is 12.1 Å². The van der Waals surface area contributed by atoms with Crippen molar-refractivity contribution in [1.82, 2.24) is 0 Å². The molecular formula is C12H4Br2F4O. The predicted octanol–water partition coefficient (Wildman–Crippen LogP) is 5.56. The van der Waals surface area contributed by atoms with E-state index in [9.17, 15) is 17.6 Å². The van der Waals surface area contributed by atoms with Crippen LogP contribution in [0.3, 0.4) is 0 Å². The van der Waals surface area contributed by atoms with Crippen molar-refractivity contribution in [3.05, 3.63) is 56.5 Å². The molecule has 0 N–H and O–H groups in total. The maximum Gasteiger partial charge on any atom is 0.177 e. The minimum atomic E-state index is -1.01. The topological polar surface area (TPSA) is 9.23 Å². The van der Waals surface area contributed by atoms with Gasteiger partial charge >= 0.3 is 0 Å². The van der Waals surface area contributed by atoms with E-state index in [2.05, 4.69) is 31.9 Å². The highest BCUT2D eigenvalue weighted by Gasteiger charge is 2.17. The number of benzene rings is 2. The highest BCUT2D eigenvalue weighted by atomic mass is 79.9. The van der Waals surface area contributed by atoms with Crippen LogP contribution in [0.2, 0.25) is 0 Å². The van der Waals surface area contributed by atoms with E-state index in [1.54, 1.807) is 0 Å². The van der Waals surface area contributed by atoms with E-state index < -0.39 is 34.8 Å². The first-order valence-corrected chi connectivity index (χ1v) is 6.44. The molecule has 0 aliphatic heterocycles. The molecule has 0 radical (unpaired) electrons. The highest BCUT2D eigenvalue weighted by molar-refractivity contribution is 9.11. The Bertz CT molecular complexity index is 544. The van der Waals surface area contributed by atoms with Gasteiger partial charge in [-0.1, -0.05) is 0 Å².